The summed E-state index contributed by atoms with van der Waals surface area (Å²) in [7, 11) is 0. The predicted octanol–water partition coefficient (Wildman–Crippen LogP) is 2.78. The van der Waals surface area contributed by atoms with Gasteiger partial charge in [-0.15, -0.1) is 0 Å². The van der Waals surface area contributed by atoms with E-state index in [2.05, 4.69) is 31.1 Å². The van der Waals surface area contributed by atoms with E-state index in [9.17, 15) is 4.79 Å². The van der Waals surface area contributed by atoms with Crippen LogP contribution in [0.1, 0.15) is 56.8 Å². The van der Waals surface area contributed by atoms with Crippen molar-refractivity contribution in [3.63, 3.8) is 0 Å². The molecular weight excluding hydrogens is 252 g/mol. The van der Waals surface area contributed by atoms with Gasteiger partial charge in [0, 0.05) is 6.54 Å². The van der Waals surface area contributed by atoms with E-state index < -0.39 is 5.91 Å². The quantitative estimate of drug-likeness (QED) is 0.637. The largest absolute Gasteiger partial charge is 0.397 e. The minimum atomic E-state index is -0.532. The zero-order valence-electron chi connectivity index (χ0n) is 12.7. The van der Waals surface area contributed by atoms with Crippen molar-refractivity contribution in [1.82, 2.24) is 4.98 Å². The summed E-state index contributed by atoms with van der Waals surface area (Å²) in [6.07, 6.45) is 6.34. The molecule has 0 bridgehead atoms. The molecule has 1 aromatic heterocycles. The first kappa shape index (κ1) is 16.3. The smallest absolute Gasteiger partial charge is 0.250 e. The van der Waals surface area contributed by atoms with Crippen molar-refractivity contribution in [3.05, 3.63) is 17.8 Å². The summed E-state index contributed by atoms with van der Waals surface area (Å²) in [6, 6.07) is 1.61. The molecule has 1 heterocycles. The van der Waals surface area contributed by atoms with Crippen molar-refractivity contribution >= 4 is 17.4 Å². The lowest BCUT2D eigenvalue weighted by Crippen LogP contribution is -2.24. The second kappa shape index (κ2) is 7.12. The van der Waals surface area contributed by atoms with Crippen molar-refractivity contribution in [2.75, 3.05) is 17.6 Å². The highest BCUT2D eigenvalue weighted by atomic mass is 16.1. The van der Waals surface area contributed by atoms with E-state index in [1.807, 2.05) is 0 Å². The van der Waals surface area contributed by atoms with Crippen LogP contribution < -0.4 is 16.8 Å². The molecule has 1 rings (SSSR count). The van der Waals surface area contributed by atoms with Crippen LogP contribution in [0.5, 0.6) is 0 Å². The summed E-state index contributed by atoms with van der Waals surface area (Å²) in [5.41, 5.74) is 11.7. The molecule has 5 nitrogen and oxygen atoms in total. The number of pyridine rings is 1. The lowest BCUT2D eigenvalue weighted by atomic mass is 9.87. The number of aromatic nitrogens is 1. The van der Waals surface area contributed by atoms with Crippen LogP contribution in [0.4, 0.5) is 11.5 Å². The Morgan fingerprint density at radius 2 is 2.10 bits per heavy atom. The first-order chi connectivity index (χ1) is 9.35. The summed E-state index contributed by atoms with van der Waals surface area (Å²) in [6.45, 7) is 7.45. The Bertz CT molecular complexity index is 457. The van der Waals surface area contributed by atoms with Gasteiger partial charge < -0.3 is 16.8 Å². The highest BCUT2D eigenvalue weighted by Crippen LogP contribution is 2.24. The zero-order valence-corrected chi connectivity index (χ0v) is 12.7. The van der Waals surface area contributed by atoms with Gasteiger partial charge in [0.25, 0.3) is 5.91 Å². The first-order valence-electron chi connectivity index (χ1n) is 7.15. The fraction of sp³-hybridized carbons (Fsp3) is 0.600. The van der Waals surface area contributed by atoms with Gasteiger partial charge in [-0.05, 0) is 17.9 Å². The number of carbonyl (C=O) groups is 1. The molecule has 0 spiro atoms. The number of anilines is 2. The second-order valence-corrected chi connectivity index (χ2v) is 6.00. The highest BCUT2D eigenvalue weighted by molar-refractivity contribution is 5.98. The van der Waals surface area contributed by atoms with Crippen LogP contribution in [-0.4, -0.2) is 17.4 Å². The van der Waals surface area contributed by atoms with Crippen LogP contribution in [0.15, 0.2) is 12.3 Å². The Morgan fingerprint density at radius 3 is 2.70 bits per heavy atom. The summed E-state index contributed by atoms with van der Waals surface area (Å²) in [4.78, 5) is 15.4. The molecule has 0 aliphatic carbocycles. The minimum Gasteiger partial charge on any atom is -0.397 e. The van der Waals surface area contributed by atoms with Crippen LogP contribution in [0, 0.1) is 5.41 Å². The third-order valence-electron chi connectivity index (χ3n) is 3.41. The second-order valence-electron chi connectivity index (χ2n) is 6.00. The number of carbonyl (C=O) groups excluding carboxylic acids is 1. The highest BCUT2D eigenvalue weighted by Gasteiger charge is 2.17. The van der Waals surface area contributed by atoms with E-state index in [1.54, 1.807) is 6.07 Å². The van der Waals surface area contributed by atoms with Gasteiger partial charge in [0.2, 0.25) is 0 Å². The Hall–Kier alpha value is -1.78. The van der Waals surface area contributed by atoms with Crippen LogP contribution >= 0.6 is 0 Å². The average molecular weight is 278 g/mol. The Labute approximate surface area is 121 Å². The van der Waals surface area contributed by atoms with E-state index in [0.717, 1.165) is 13.0 Å². The maximum absolute atomic E-state index is 11.2. The van der Waals surface area contributed by atoms with E-state index in [0.29, 0.717) is 17.1 Å². The summed E-state index contributed by atoms with van der Waals surface area (Å²) in [5.74, 6) is 0.103. The molecule has 1 amide bonds. The molecule has 0 saturated carbocycles. The lowest BCUT2D eigenvalue weighted by Gasteiger charge is -2.25. The van der Waals surface area contributed by atoms with Crippen LogP contribution in [-0.2, 0) is 0 Å². The van der Waals surface area contributed by atoms with Gasteiger partial charge in [-0.25, -0.2) is 4.98 Å². The number of nitrogens with two attached hydrogens (primary N) is 2. The normalized spacial score (nSPS) is 11.3. The van der Waals surface area contributed by atoms with Gasteiger partial charge >= 0.3 is 0 Å². The number of nitrogens with zero attached hydrogens (tertiary/aromatic N) is 1. The maximum atomic E-state index is 11.2. The molecule has 0 aromatic carbocycles. The van der Waals surface area contributed by atoms with Crippen LogP contribution in [0.2, 0.25) is 0 Å². The van der Waals surface area contributed by atoms with Gasteiger partial charge in [0.1, 0.15) is 5.82 Å². The van der Waals surface area contributed by atoms with Gasteiger partial charge in [0.15, 0.2) is 0 Å². The molecule has 5 heteroatoms. The number of nitrogens with one attached hydrogen (secondary N) is 1. The number of nitrogen functional groups attached to an aromatic ring is 1. The lowest BCUT2D eigenvalue weighted by molar-refractivity contribution is 0.100. The maximum Gasteiger partial charge on any atom is 0.250 e. The standard InChI is InChI=1S/C15H26N4O/c1-4-5-6-7-15(2,3)10-19-13-8-11(14(17)20)12(16)9-18-13/h8-9H,4-7,10,16H2,1-3H3,(H2,17,20)(H,18,19). The third-order valence-corrected chi connectivity index (χ3v) is 3.41. The van der Waals surface area contributed by atoms with Crippen molar-refractivity contribution in [3.8, 4) is 0 Å². The topological polar surface area (TPSA) is 94.0 Å². The van der Waals surface area contributed by atoms with Crippen molar-refractivity contribution < 1.29 is 4.79 Å². The van der Waals surface area contributed by atoms with Crippen molar-refractivity contribution in [2.45, 2.75) is 46.5 Å². The van der Waals surface area contributed by atoms with Crippen molar-refractivity contribution in [1.29, 1.82) is 0 Å². The number of unbranched alkanes of at least 4 members (excludes halogenated alkanes) is 2. The fourth-order valence-corrected chi connectivity index (χ4v) is 2.05. The minimum absolute atomic E-state index is 0.186. The zero-order chi connectivity index (χ0) is 15.2. The summed E-state index contributed by atoms with van der Waals surface area (Å²) >= 11 is 0. The van der Waals surface area contributed by atoms with E-state index in [1.165, 1.54) is 25.5 Å². The molecule has 0 radical (unpaired) electrons. The monoisotopic (exact) mass is 278 g/mol. The van der Waals surface area contributed by atoms with Crippen molar-refractivity contribution in [2.24, 2.45) is 11.1 Å². The SMILES string of the molecule is CCCCCC(C)(C)CNc1cc(C(N)=O)c(N)cn1. The first-order valence-corrected chi connectivity index (χ1v) is 7.15. The molecule has 0 aliphatic heterocycles. The third kappa shape index (κ3) is 5.07. The average Bonchev–Trinajstić information content (AvgIpc) is 2.37. The molecule has 0 atom stereocenters. The van der Waals surface area contributed by atoms with E-state index in [-0.39, 0.29) is 5.41 Å². The predicted molar refractivity (Wildman–Crippen MR) is 83.6 cm³/mol. The summed E-state index contributed by atoms with van der Waals surface area (Å²) < 4.78 is 0. The summed E-state index contributed by atoms with van der Waals surface area (Å²) in [5, 5.41) is 3.26. The number of amides is 1. The number of hydrogen-bond donors (Lipinski definition) is 3. The number of hydrogen-bond acceptors (Lipinski definition) is 4. The molecule has 1 aromatic rings. The molecule has 0 aliphatic rings. The molecule has 20 heavy (non-hydrogen) atoms. The molecule has 5 N–H and O–H groups in total. The number of rotatable bonds is 8. The molecule has 0 fully saturated rings. The van der Waals surface area contributed by atoms with Crippen LogP contribution in [0.25, 0.3) is 0 Å². The fourth-order valence-electron chi connectivity index (χ4n) is 2.05. The number of primary amides is 1. The van der Waals surface area contributed by atoms with Crippen LogP contribution in [0.3, 0.4) is 0 Å². The molecule has 0 saturated heterocycles. The Balaban J connectivity index is 2.61. The van der Waals surface area contributed by atoms with Gasteiger partial charge in [0.05, 0.1) is 17.4 Å². The molecular formula is C15H26N4O. The van der Waals surface area contributed by atoms with E-state index in [4.69, 9.17) is 11.5 Å². The van der Waals surface area contributed by atoms with Gasteiger partial charge in [-0.1, -0.05) is 40.0 Å². The molecule has 0 unspecified atom stereocenters. The van der Waals surface area contributed by atoms with E-state index >= 15 is 0 Å². The Morgan fingerprint density at radius 1 is 1.40 bits per heavy atom. The molecule has 112 valence electrons. The van der Waals surface area contributed by atoms with Gasteiger partial charge in [-0.3, -0.25) is 4.79 Å². The van der Waals surface area contributed by atoms with Gasteiger partial charge in [-0.2, -0.15) is 0 Å². The Kier molecular flexibility index (Phi) is 5.80.